The van der Waals surface area contributed by atoms with Gasteiger partial charge in [0.2, 0.25) is 0 Å². The molecule has 0 radical (unpaired) electrons. The first-order valence-electron chi connectivity index (χ1n) is 8.14. The first-order valence-corrected chi connectivity index (χ1v) is 9.96. The molecule has 0 aliphatic carbocycles. The second kappa shape index (κ2) is 7.86. The van der Waals surface area contributed by atoms with Gasteiger partial charge in [-0.25, -0.2) is 13.2 Å². The van der Waals surface area contributed by atoms with Crippen LogP contribution in [0.3, 0.4) is 0 Å². The fourth-order valence-corrected chi connectivity index (χ4v) is 4.49. The number of phenolic OH excluding ortho intramolecular Hbond substituents is 1. The Morgan fingerprint density at radius 1 is 1.28 bits per heavy atom. The highest BCUT2D eigenvalue weighted by Crippen LogP contribution is 2.19. The third-order valence-electron chi connectivity index (χ3n) is 3.96. The fraction of sp³-hybridized carbons (Fsp3) is 0.529. The van der Waals surface area contributed by atoms with E-state index in [1.807, 2.05) is 13.8 Å². The molecule has 1 amide bonds. The number of hydrogen-bond acceptors (Lipinski definition) is 6. The third kappa shape index (κ3) is 5.45. The molecule has 1 aliphatic rings. The molecule has 0 aromatic heterocycles. The summed E-state index contributed by atoms with van der Waals surface area (Å²) in [5.74, 6) is -0.845. The number of phenols is 1. The molecule has 0 unspecified atom stereocenters. The number of rotatable bonds is 6. The lowest BCUT2D eigenvalue weighted by Gasteiger charge is -2.29. The molecule has 0 saturated carbocycles. The van der Waals surface area contributed by atoms with Gasteiger partial charge < -0.3 is 14.7 Å². The maximum absolute atomic E-state index is 12.5. The highest BCUT2D eigenvalue weighted by atomic mass is 32.2. The van der Waals surface area contributed by atoms with Gasteiger partial charge in [-0.3, -0.25) is 4.79 Å². The molecular weight excluding hydrogens is 346 g/mol. The number of amides is 1. The molecule has 7 nitrogen and oxygen atoms in total. The maximum Gasteiger partial charge on any atom is 0.338 e. The van der Waals surface area contributed by atoms with E-state index in [2.05, 4.69) is 0 Å². The zero-order chi connectivity index (χ0) is 18.6. The molecule has 1 N–H and O–H groups in total. The number of nitrogens with zero attached hydrogens (tertiary/aromatic N) is 1. The number of carbonyl (C=O) groups excluding carboxylic acids is 2. The smallest absolute Gasteiger partial charge is 0.338 e. The lowest BCUT2D eigenvalue weighted by Crippen LogP contribution is -2.45. The minimum absolute atomic E-state index is 0.0261. The summed E-state index contributed by atoms with van der Waals surface area (Å²) in [5.41, 5.74) is 0.226. The highest BCUT2D eigenvalue weighted by Gasteiger charge is 2.35. The molecule has 1 aromatic carbocycles. The molecule has 1 aromatic rings. The normalized spacial score (nSPS) is 18.9. The van der Waals surface area contributed by atoms with Crippen LogP contribution in [0.15, 0.2) is 24.3 Å². The first kappa shape index (κ1) is 19.2. The monoisotopic (exact) mass is 369 g/mol. The largest absolute Gasteiger partial charge is 0.508 e. The number of ether oxygens (including phenoxy) is 1. The van der Waals surface area contributed by atoms with Crippen molar-refractivity contribution in [3.05, 3.63) is 29.8 Å². The van der Waals surface area contributed by atoms with Crippen LogP contribution >= 0.6 is 0 Å². The van der Waals surface area contributed by atoms with Crippen LogP contribution in [0.2, 0.25) is 0 Å². The minimum atomic E-state index is -3.11. The van der Waals surface area contributed by atoms with Crippen LogP contribution in [-0.2, 0) is 19.4 Å². The topological polar surface area (TPSA) is 101 Å². The van der Waals surface area contributed by atoms with Gasteiger partial charge in [0, 0.05) is 12.6 Å². The summed E-state index contributed by atoms with van der Waals surface area (Å²) in [6.45, 7) is 3.84. The van der Waals surface area contributed by atoms with Crippen LogP contribution in [0.1, 0.15) is 30.6 Å². The summed E-state index contributed by atoms with van der Waals surface area (Å²) < 4.78 is 28.4. The van der Waals surface area contributed by atoms with E-state index in [1.54, 1.807) is 0 Å². The van der Waals surface area contributed by atoms with Crippen molar-refractivity contribution in [3.63, 3.8) is 0 Å². The third-order valence-corrected chi connectivity index (χ3v) is 5.71. The van der Waals surface area contributed by atoms with Crippen LogP contribution in [0.4, 0.5) is 0 Å². The van der Waals surface area contributed by atoms with Crippen LogP contribution in [-0.4, -0.2) is 61.0 Å². The van der Waals surface area contributed by atoms with Gasteiger partial charge in [-0.15, -0.1) is 0 Å². The molecule has 1 aliphatic heterocycles. The average Bonchev–Trinajstić information content (AvgIpc) is 2.90. The SMILES string of the molecule is CC(C)CN(C(=O)COC(=O)c1ccc(O)cc1)[C@H]1CCS(=O)(=O)C1. The molecule has 1 saturated heterocycles. The molecule has 1 heterocycles. The van der Waals surface area contributed by atoms with E-state index in [0.717, 1.165) is 0 Å². The summed E-state index contributed by atoms with van der Waals surface area (Å²) in [6.07, 6.45) is 0.409. The summed E-state index contributed by atoms with van der Waals surface area (Å²) in [7, 11) is -3.11. The average molecular weight is 369 g/mol. The van der Waals surface area contributed by atoms with Gasteiger partial charge in [-0.1, -0.05) is 13.8 Å². The standard InChI is InChI=1S/C17H23NO6S/c1-12(2)9-18(14-7-8-25(22,23)11-14)16(20)10-24-17(21)13-3-5-15(19)6-4-13/h3-6,12,14,19H,7-11H2,1-2H3/t14-/m0/s1. The predicted molar refractivity (Wildman–Crippen MR) is 92.0 cm³/mol. The number of hydrogen-bond donors (Lipinski definition) is 1. The van der Waals surface area contributed by atoms with Gasteiger partial charge in [0.25, 0.3) is 5.91 Å². The van der Waals surface area contributed by atoms with Crippen molar-refractivity contribution in [2.24, 2.45) is 5.92 Å². The molecular formula is C17H23NO6S. The lowest BCUT2D eigenvalue weighted by molar-refractivity contribution is -0.137. The van der Waals surface area contributed by atoms with Crippen molar-refractivity contribution in [1.29, 1.82) is 0 Å². The molecule has 1 fully saturated rings. The number of benzene rings is 1. The van der Waals surface area contributed by atoms with Gasteiger partial charge in [0.05, 0.1) is 17.1 Å². The minimum Gasteiger partial charge on any atom is -0.508 e. The second-order valence-electron chi connectivity index (χ2n) is 6.62. The predicted octanol–water partition coefficient (Wildman–Crippen LogP) is 1.22. The molecule has 8 heteroatoms. The van der Waals surface area contributed by atoms with E-state index in [0.29, 0.717) is 13.0 Å². The number of carbonyl (C=O) groups is 2. The van der Waals surface area contributed by atoms with Crippen LogP contribution in [0, 0.1) is 5.92 Å². The Labute approximate surface area is 147 Å². The van der Waals surface area contributed by atoms with Crippen molar-refractivity contribution in [1.82, 2.24) is 4.90 Å². The van der Waals surface area contributed by atoms with Gasteiger partial charge in [-0.05, 0) is 36.6 Å². The molecule has 25 heavy (non-hydrogen) atoms. The van der Waals surface area contributed by atoms with E-state index >= 15 is 0 Å². The summed E-state index contributed by atoms with van der Waals surface area (Å²) in [6, 6.07) is 5.14. The number of sulfone groups is 1. The van der Waals surface area contributed by atoms with Gasteiger partial charge in [-0.2, -0.15) is 0 Å². The van der Waals surface area contributed by atoms with E-state index in [-0.39, 0.29) is 34.8 Å². The Kier molecular flexibility index (Phi) is 6.05. The van der Waals surface area contributed by atoms with Gasteiger partial charge in [0.1, 0.15) is 5.75 Å². The van der Waals surface area contributed by atoms with Crippen LogP contribution < -0.4 is 0 Å². The zero-order valence-electron chi connectivity index (χ0n) is 14.3. The van der Waals surface area contributed by atoms with Gasteiger partial charge >= 0.3 is 5.97 Å². The Bertz CT molecular complexity index is 726. The van der Waals surface area contributed by atoms with Crippen molar-refractivity contribution >= 4 is 21.7 Å². The zero-order valence-corrected chi connectivity index (χ0v) is 15.2. The maximum atomic E-state index is 12.5. The lowest BCUT2D eigenvalue weighted by atomic mass is 10.1. The number of aromatic hydroxyl groups is 1. The van der Waals surface area contributed by atoms with E-state index in [9.17, 15) is 23.1 Å². The highest BCUT2D eigenvalue weighted by molar-refractivity contribution is 7.91. The van der Waals surface area contributed by atoms with Crippen LogP contribution in [0.5, 0.6) is 5.75 Å². The Balaban J connectivity index is 1.99. The quantitative estimate of drug-likeness (QED) is 0.757. The van der Waals surface area contributed by atoms with Gasteiger partial charge in [0.15, 0.2) is 16.4 Å². The molecule has 0 spiro atoms. The van der Waals surface area contributed by atoms with Crippen molar-refractivity contribution in [3.8, 4) is 5.75 Å². The Morgan fingerprint density at radius 3 is 2.44 bits per heavy atom. The molecule has 1 atom stereocenters. The molecule has 2 rings (SSSR count). The van der Waals surface area contributed by atoms with Crippen molar-refractivity contribution in [2.75, 3.05) is 24.7 Å². The van der Waals surface area contributed by atoms with Crippen molar-refractivity contribution in [2.45, 2.75) is 26.3 Å². The number of esters is 1. The van der Waals surface area contributed by atoms with Crippen LogP contribution in [0.25, 0.3) is 0 Å². The second-order valence-corrected chi connectivity index (χ2v) is 8.85. The van der Waals surface area contributed by atoms with Crippen molar-refractivity contribution < 1.29 is 27.9 Å². The fourth-order valence-electron chi connectivity index (χ4n) is 2.76. The summed E-state index contributed by atoms with van der Waals surface area (Å²) in [4.78, 5) is 26.0. The first-order chi connectivity index (χ1) is 11.7. The molecule has 0 bridgehead atoms. The van der Waals surface area contributed by atoms with E-state index in [4.69, 9.17) is 4.74 Å². The molecule has 138 valence electrons. The summed E-state index contributed by atoms with van der Waals surface area (Å²) in [5, 5.41) is 9.21. The summed E-state index contributed by atoms with van der Waals surface area (Å²) >= 11 is 0. The Morgan fingerprint density at radius 2 is 1.92 bits per heavy atom. The Hall–Kier alpha value is -2.09. The van der Waals surface area contributed by atoms with E-state index < -0.39 is 28.3 Å². The van der Waals surface area contributed by atoms with E-state index in [1.165, 1.54) is 29.2 Å².